The number of amides is 1. The molecule has 2 aliphatic rings. The Morgan fingerprint density at radius 3 is 2.79 bits per heavy atom. The van der Waals surface area contributed by atoms with Crippen LogP contribution in [0, 0.1) is 5.92 Å². The fourth-order valence-electron chi connectivity index (χ4n) is 2.61. The van der Waals surface area contributed by atoms with E-state index in [-0.39, 0.29) is 5.91 Å². The van der Waals surface area contributed by atoms with Crippen LogP contribution in [-0.4, -0.2) is 24.3 Å². The Balaban J connectivity index is 2.12. The number of nitrogens with two attached hydrogens (primary N) is 1. The summed E-state index contributed by atoms with van der Waals surface area (Å²) < 4.78 is 0. The van der Waals surface area contributed by atoms with E-state index in [0.717, 1.165) is 36.2 Å². The van der Waals surface area contributed by atoms with Crippen LogP contribution in [0.15, 0.2) is 29.3 Å². The molecule has 0 aromatic heterocycles. The number of benzene rings is 1. The van der Waals surface area contributed by atoms with Gasteiger partial charge in [-0.25, -0.2) is 0 Å². The van der Waals surface area contributed by atoms with Gasteiger partial charge < -0.3 is 10.6 Å². The second-order valence-corrected chi connectivity index (χ2v) is 5.24. The average molecular weight is 257 g/mol. The van der Waals surface area contributed by atoms with Crippen LogP contribution in [0.4, 0.5) is 5.69 Å². The van der Waals surface area contributed by atoms with E-state index in [1.165, 1.54) is 0 Å². The third kappa shape index (κ3) is 2.16. The maximum atomic E-state index is 12.4. The Bertz CT molecular complexity index is 534. The molecule has 1 atom stereocenters. The summed E-state index contributed by atoms with van der Waals surface area (Å²) in [5.74, 6) is 0.395. The molecular formula is C15H19N3O. The quantitative estimate of drug-likeness (QED) is 0.899. The molecule has 1 aromatic carbocycles. The second kappa shape index (κ2) is 4.78. The van der Waals surface area contributed by atoms with Gasteiger partial charge in [-0.15, -0.1) is 0 Å². The van der Waals surface area contributed by atoms with Crippen LogP contribution in [0.25, 0.3) is 0 Å². The van der Waals surface area contributed by atoms with Gasteiger partial charge in [0.15, 0.2) is 6.17 Å². The Kier molecular flexibility index (Phi) is 3.11. The number of anilines is 1. The molecule has 3 rings (SSSR count). The first-order valence-corrected chi connectivity index (χ1v) is 6.96. The SMILES string of the molecule is CCCN1C(=O)C(N)N=C(C2CC2)c2ccccc21. The molecular weight excluding hydrogens is 238 g/mol. The molecule has 0 saturated heterocycles. The van der Waals surface area contributed by atoms with Gasteiger partial charge in [-0.1, -0.05) is 25.1 Å². The van der Waals surface area contributed by atoms with Crippen molar-refractivity contribution in [3.8, 4) is 0 Å². The van der Waals surface area contributed by atoms with Gasteiger partial charge in [-0.05, 0) is 25.3 Å². The van der Waals surface area contributed by atoms with Crippen molar-refractivity contribution in [2.24, 2.45) is 16.6 Å². The van der Waals surface area contributed by atoms with E-state index in [4.69, 9.17) is 5.73 Å². The van der Waals surface area contributed by atoms with Crippen molar-refractivity contribution in [3.05, 3.63) is 29.8 Å². The van der Waals surface area contributed by atoms with Gasteiger partial charge in [0.1, 0.15) is 0 Å². The smallest absolute Gasteiger partial charge is 0.266 e. The number of hydrogen-bond donors (Lipinski definition) is 1. The topological polar surface area (TPSA) is 58.7 Å². The first-order chi connectivity index (χ1) is 9.22. The van der Waals surface area contributed by atoms with Crippen molar-refractivity contribution in [1.29, 1.82) is 0 Å². The van der Waals surface area contributed by atoms with Gasteiger partial charge in [0.2, 0.25) is 0 Å². The van der Waals surface area contributed by atoms with Gasteiger partial charge in [-0.2, -0.15) is 0 Å². The normalized spacial score (nSPS) is 22.8. The summed E-state index contributed by atoms with van der Waals surface area (Å²) in [7, 11) is 0. The molecule has 1 aliphatic heterocycles. The lowest BCUT2D eigenvalue weighted by Crippen LogP contribution is -2.42. The minimum atomic E-state index is -0.755. The molecule has 1 aromatic rings. The fraction of sp³-hybridized carbons (Fsp3) is 0.467. The zero-order valence-corrected chi connectivity index (χ0v) is 11.2. The highest BCUT2D eigenvalue weighted by Crippen LogP contribution is 2.37. The molecule has 1 saturated carbocycles. The van der Waals surface area contributed by atoms with E-state index in [2.05, 4.69) is 18.0 Å². The van der Waals surface area contributed by atoms with Gasteiger partial charge in [0.05, 0.1) is 5.69 Å². The Morgan fingerprint density at radius 2 is 2.11 bits per heavy atom. The zero-order valence-electron chi connectivity index (χ0n) is 11.2. The number of nitrogens with zero attached hydrogens (tertiary/aromatic N) is 2. The van der Waals surface area contributed by atoms with E-state index < -0.39 is 6.17 Å². The standard InChI is InChI=1S/C15H19N3O/c1-2-9-18-12-6-4-3-5-11(12)13(10-7-8-10)17-14(16)15(18)19/h3-6,10,14H,2,7-9,16H2,1H3. The number of hydrogen-bond acceptors (Lipinski definition) is 3. The Labute approximate surface area is 113 Å². The van der Waals surface area contributed by atoms with Crippen molar-refractivity contribution >= 4 is 17.3 Å². The van der Waals surface area contributed by atoms with Crippen LogP contribution in [0.3, 0.4) is 0 Å². The van der Waals surface area contributed by atoms with Crippen molar-refractivity contribution in [2.45, 2.75) is 32.4 Å². The van der Waals surface area contributed by atoms with E-state index >= 15 is 0 Å². The molecule has 1 fully saturated rings. The van der Waals surface area contributed by atoms with Crippen molar-refractivity contribution in [1.82, 2.24) is 0 Å². The van der Waals surface area contributed by atoms with Gasteiger partial charge >= 0.3 is 0 Å². The summed E-state index contributed by atoms with van der Waals surface area (Å²) in [5, 5.41) is 0. The molecule has 1 amide bonds. The van der Waals surface area contributed by atoms with E-state index in [1.807, 2.05) is 18.2 Å². The molecule has 1 heterocycles. The Hall–Kier alpha value is -1.68. The highest BCUT2D eigenvalue weighted by atomic mass is 16.2. The fourth-order valence-corrected chi connectivity index (χ4v) is 2.61. The monoisotopic (exact) mass is 257 g/mol. The number of aliphatic imine (C=N–C) groups is 1. The predicted molar refractivity (Wildman–Crippen MR) is 76.3 cm³/mol. The highest BCUT2D eigenvalue weighted by molar-refractivity contribution is 6.14. The summed E-state index contributed by atoms with van der Waals surface area (Å²) in [6.45, 7) is 2.76. The number of carbonyl (C=O) groups excluding carboxylic acids is 1. The lowest BCUT2D eigenvalue weighted by Gasteiger charge is -2.23. The molecule has 0 radical (unpaired) electrons. The minimum Gasteiger partial charge on any atom is -0.309 e. The summed E-state index contributed by atoms with van der Waals surface area (Å²) in [4.78, 5) is 18.7. The molecule has 4 nitrogen and oxygen atoms in total. The molecule has 0 bridgehead atoms. The number of para-hydroxylation sites is 1. The number of carbonyl (C=O) groups is 1. The van der Waals surface area contributed by atoms with Gasteiger partial charge in [-0.3, -0.25) is 9.79 Å². The van der Waals surface area contributed by atoms with Crippen molar-refractivity contribution < 1.29 is 4.79 Å². The lowest BCUT2D eigenvalue weighted by atomic mass is 10.0. The summed E-state index contributed by atoms with van der Waals surface area (Å²) >= 11 is 0. The number of fused-ring (bicyclic) bond motifs is 1. The molecule has 19 heavy (non-hydrogen) atoms. The van der Waals surface area contributed by atoms with Crippen LogP contribution in [0.5, 0.6) is 0 Å². The van der Waals surface area contributed by atoms with Crippen LogP contribution in [0.1, 0.15) is 31.7 Å². The molecule has 1 aliphatic carbocycles. The van der Waals surface area contributed by atoms with Crippen LogP contribution in [-0.2, 0) is 4.79 Å². The first-order valence-electron chi connectivity index (χ1n) is 6.96. The van der Waals surface area contributed by atoms with Gasteiger partial charge in [0.25, 0.3) is 5.91 Å². The zero-order chi connectivity index (χ0) is 13.4. The summed E-state index contributed by atoms with van der Waals surface area (Å²) in [6, 6.07) is 8.03. The van der Waals surface area contributed by atoms with Crippen LogP contribution in [0.2, 0.25) is 0 Å². The molecule has 2 N–H and O–H groups in total. The van der Waals surface area contributed by atoms with E-state index in [0.29, 0.717) is 12.5 Å². The second-order valence-electron chi connectivity index (χ2n) is 5.24. The number of benzodiazepines with no additional fused rings is 1. The lowest BCUT2D eigenvalue weighted by molar-refractivity contribution is -0.119. The summed E-state index contributed by atoms with van der Waals surface area (Å²) in [5.41, 5.74) is 9.03. The van der Waals surface area contributed by atoms with E-state index in [1.54, 1.807) is 4.90 Å². The van der Waals surface area contributed by atoms with Crippen molar-refractivity contribution in [2.75, 3.05) is 11.4 Å². The molecule has 1 unspecified atom stereocenters. The average Bonchev–Trinajstić information content (AvgIpc) is 3.25. The molecule has 0 spiro atoms. The maximum absolute atomic E-state index is 12.4. The summed E-state index contributed by atoms with van der Waals surface area (Å²) in [6.07, 6.45) is 2.46. The number of rotatable bonds is 3. The Morgan fingerprint density at radius 1 is 1.37 bits per heavy atom. The first kappa shape index (κ1) is 12.4. The van der Waals surface area contributed by atoms with Crippen molar-refractivity contribution in [3.63, 3.8) is 0 Å². The minimum absolute atomic E-state index is 0.0926. The van der Waals surface area contributed by atoms with Crippen LogP contribution >= 0.6 is 0 Å². The van der Waals surface area contributed by atoms with E-state index in [9.17, 15) is 4.79 Å². The van der Waals surface area contributed by atoms with Gasteiger partial charge in [0, 0.05) is 23.7 Å². The predicted octanol–water partition coefficient (Wildman–Crippen LogP) is 1.93. The molecule has 4 heteroatoms. The maximum Gasteiger partial charge on any atom is 0.266 e. The third-order valence-electron chi connectivity index (χ3n) is 3.68. The highest BCUT2D eigenvalue weighted by Gasteiger charge is 2.35. The van der Waals surface area contributed by atoms with Crippen LogP contribution < -0.4 is 10.6 Å². The largest absolute Gasteiger partial charge is 0.309 e. The molecule has 100 valence electrons. The third-order valence-corrected chi connectivity index (χ3v) is 3.68.